The van der Waals surface area contributed by atoms with Crippen molar-refractivity contribution in [2.24, 2.45) is 0 Å². The van der Waals surface area contributed by atoms with Gasteiger partial charge in [-0.05, 0) is 65.7 Å². The number of rotatable bonds is 10. The van der Waals surface area contributed by atoms with Gasteiger partial charge in [0.05, 0.1) is 27.9 Å². The van der Waals surface area contributed by atoms with Gasteiger partial charge in [-0.2, -0.15) is 5.26 Å². The fourth-order valence-electron chi connectivity index (χ4n) is 6.46. The quantitative estimate of drug-likeness (QED) is 0.172. The molecule has 3 atom stereocenters. The third kappa shape index (κ3) is 7.01. The van der Waals surface area contributed by atoms with Gasteiger partial charge in [0, 0.05) is 51.3 Å². The van der Waals surface area contributed by atoms with Crippen molar-refractivity contribution >= 4 is 46.0 Å². The second-order valence-corrected chi connectivity index (χ2v) is 12.6. The van der Waals surface area contributed by atoms with E-state index < -0.39 is 12.3 Å². The highest BCUT2D eigenvalue weighted by atomic mass is 35.5. The van der Waals surface area contributed by atoms with Crippen LogP contribution >= 0.6 is 23.2 Å². The lowest BCUT2D eigenvalue weighted by Crippen LogP contribution is -2.50. The average molecular weight is 662 g/mol. The number of amides is 1. The summed E-state index contributed by atoms with van der Waals surface area (Å²) in [6.07, 6.45) is 1.33. The highest BCUT2D eigenvalue weighted by Crippen LogP contribution is 2.33. The Morgan fingerprint density at radius 3 is 2.54 bits per heavy atom. The third-order valence-electron chi connectivity index (χ3n) is 8.87. The molecule has 3 aromatic carbocycles. The lowest BCUT2D eigenvalue weighted by molar-refractivity contribution is 0.0175. The first kappa shape index (κ1) is 31.9. The fourth-order valence-corrected chi connectivity index (χ4v) is 6.77. The smallest absolute Gasteiger partial charge is 0.468 e. The molecule has 4 aromatic rings. The summed E-state index contributed by atoms with van der Waals surface area (Å²) >= 11 is 12.7. The Balaban J connectivity index is 1.15. The summed E-state index contributed by atoms with van der Waals surface area (Å²) in [7, 11) is 1.80. The number of carbonyl (C=O) groups excluding carboxylic acids is 2. The van der Waals surface area contributed by atoms with Crippen LogP contribution in [0.3, 0.4) is 0 Å². The number of nitriles is 1. The van der Waals surface area contributed by atoms with Crippen LogP contribution in [0.1, 0.15) is 45.6 Å². The van der Waals surface area contributed by atoms with Gasteiger partial charge in [-0.15, -0.1) is 0 Å². The van der Waals surface area contributed by atoms with Crippen LogP contribution in [-0.4, -0.2) is 85.8 Å². The zero-order valence-corrected chi connectivity index (χ0v) is 26.9. The van der Waals surface area contributed by atoms with E-state index in [1.54, 1.807) is 36.4 Å². The Bertz CT molecular complexity index is 1750. The van der Waals surface area contributed by atoms with Gasteiger partial charge in [0.2, 0.25) is 0 Å². The lowest BCUT2D eigenvalue weighted by Gasteiger charge is -2.40. The molecule has 2 fully saturated rings. The molecule has 0 N–H and O–H groups in total. The molecule has 0 saturated carbocycles. The van der Waals surface area contributed by atoms with Gasteiger partial charge in [-0.1, -0.05) is 53.5 Å². The maximum Gasteiger partial charge on any atom is 0.508 e. The van der Waals surface area contributed by atoms with Gasteiger partial charge < -0.3 is 23.7 Å². The molecule has 1 aromatic heterocycles. The number of nitrogens with zero attached hydrogens (tertiary/aromatic N) is 4. The van der Waals surface area contributed by atoms with Crippen molar-refractivity contribution in [2.75, 3.05) is 52.9 Å². The van der Waals surface area contributed by atoms with Crippen molar-refractivity contribution in [2.45, 2.75) is 24.5 Å². The van der Waals surface area contributed by atoms with E-state index in [1.807, 2.05) is 48.5 Å². The van der Waals surface area contributed by atoms with Crippen LogP contribution in [0.5, 0.6) is 0 Å². The molecule has 2 aliphatic heterocycles. The molecule has 2 aliphatic rings. The molecule has 11 heteroatoms. The molecule has 238 valence electrons. The first-order valence-electron chi connectivity index (χ1n) is 15.3. The number of likely N-dealkylation sites (N-methyl/N-ethyl adjacent to an activating group) is 1. The molecule has 9 nitrogen and oxygen atoms in total. The minimum absolute atomic E-state index is 0.0157. The van der Waals surface area contributed by atoms with E-state index in [4.69, 9.17) is 37.1 Å². The van der Waals surface area contributed by atoms with E-state index in [0.717, 1.165) is 61.2 Å². The number of ether oxygens (including phenoxy) is 2. The number of hydrogen-bond donors (Lipinski definition) is 0. The molecule has 0 spiro atoms. The SMILES string of the molecule is CN(CC(CCN1CCN(C(c2ccco2)[C@H]2COC(=O)O2)CC1)c1ccc(Cl)c(Cl)c1)C(=O)c1cc(C#N)cc2ccccc12. The zero-order chi connectivity index (χ0) is 32.2. The topological polar surface area (TPSA) is 99.2 Å². The van der Waals surface area contributed by atoms with Crippen LogP contribution in [-0.2, 0) is 9.47 Å². The molecule has 1 amide bonds. The van der Waals surface area contributed by atoms with Crippen molar-refractivity contribution in [3.8, 4) is 6.07 Å². The predicted molar refractivity (Wildman–Crippen MR) is 175 cm³/mol. The molecule has 0 bridgehead atoms. The number of halogens is 2. The summed E-state index contributed by atoms with van der Waals surface area (Å²) in [6.45, 7) is 4.60. The van der Waals surface area contributed by atoms with Crippen molar-refractivity contribution in [1.29, 1.82) is 5.26 Å². The Hall–Kier alpha value is -4.07. The van der Waals surface area contributed by atoms with Crippen molar-refractivity contribution in [3.63, 3.8) is 0 Å². The number of piperazine rings is 1. The average Bonchev–Trinajstić information content (AvgIpc) is 3.76. The van der Waals surface area contributed by atoms with Crippen LogP contribution < -0.4 is 0 Å². The number of furan rings is 1. The predicted octanol–water partition coefficient (Wildman–Crippen LogP) is 6.75. The largest absolute Gasteiger partial charge is 0.508 e. The van der Waals surface area contributed by atoms with Gasteiger partial charge in [-0.3, -0.25) is 9.69 Å². The first-order chi connectivity index (χ1) is 22.3. The second kappa shape index (κ2) is 14.1. The van der Waals surface area contributed by atoms with Gasteiger partial charge in [0.25, 0.3) is 5.91 Å². The number of benzene rings is 3. The summed E-state index contributed by atoms with van der Waals surface area (Å²) in [5, 5.41) is 12.2. The van der Waals surface area contributed by atoms with Crippen molar-refractivity contribution < 1.29 is 23.5 Å². The number of carbonyl (C=O) groups is 2. The van der Waals surface area contributed by atoms with Crippen LogP contribution in [0.25, 0.3) is 10.8 Å². The molecule has 2 unspecified atom stereocenters. The summed E-state index contributed by atoms with van der Waals surface area (Å²) in [5.41, 5.74) is 1.96. The monoisotopic (exact) mass is 660 g/mol. The van der Waals surface area contributed by atoms with E-state index in [0.29, 0.717) is 27.7 Å². The Morgan fingerprint density at radius 2 is 1.85 bits per heavy atom. The van der Waals surface area contributed by atoms with Gasteiger partial charge in [0.15, 0.2) is 6.10 Å². The van der Waals surface area contributed by atoms with Crippen LogP contribution in [0.15, 0.2) is 77.4 Å². The lowest BCUT2D eigenvalue weighted by atomic mass is 9.94. The van der Waals surface area contributed by atoms with Gasteiger partial charge >= 0.3 is 6.16 Å². The molecule has 2 saturated heterocycles. The summed E-state index contributed by atoms with van der Waals surface area (Å²) < 4.78 is 16.3. The molecule has 0 radical (unpaired) electrons. The highest BCUT2D eigenvalue weighted by molar-refractivity contribution is 6.42. The van der Waals surface area contributed by atoms with Gasteiger partial charge in [-0.25, -0.2) is 4.79 Å². The zero-order valence-electron chi connectivity index (χ0n) is 25.4. The highest BCUT2D eigenvalue weighted by Gasteiger charge is 2.40. The van der Waals surface area contributed by atoms with E-state index >= 15 is 0 Å². The maximum absolute atomic E-state index is 13.9. The standard InChI is InChI=1S/C35H34Cl2N4O5/c1-39(34(42)28-18-23(20-38)17-25-5-2-3-6-27(25)28)21-26(24-8-9-29(36)30(37)19-24)10-11-40-12-14-41(15-13-40)33(31-7-4-16-44-31)32-22-45-35(43)46-32/h2-9,16-19,26,32-33H,10-15,21-22H2,1H3/t26?,32-,33?/m1/s1. The number of cyclic esters (lactones) is 2. The molecule has 6 rings (SSSR count). The Labute approximate surface area is 277 Å². The summed E-state index contributed by atoms with van der Waals surface area (Å²) in [4.78, 5) is 32.0. The number of fused-ring (bicyclic) bond motifs is 1. The molecular weight excluding hydrogens is 627 g/mol. The van der Waals surface area contributed by atoms with Crippen LogP contribution in [0, 0.1) is 11.3 Å². The molecule has 0 aliphatic carbocycles. The van der Waals surface area contributed by atoms with E-state index in [1.165, 1.54) is 0 Å². The minimum atomic E-state index is -0.650. The summed E-state index contributed by atoms with van der Waals surface area (Å²) in [6, 6.07) is 22.4. The van der Waals surface area contributed by atoms with E-state index in [-0.39, 0.29) is 24.5 Å². The fraction of sp³-hybridized carbons (Fsp3) is 0.343. The third-order valence-corrected chi connectivity index (χ3v) is 9.61. The Morgan fingerprint density at radius 1 is 1.04 bits per heavy atom. The van der Waals surface area contributed by atoms with Crippen LogP contribution in [0.4, 0.5) is 4.79 Å². The molecular formula is C35H34Cl2N4O5. The minimum Gasteiger partial charge on any atom is -0.468 e. The second-order valence-electron chi connectivity index (χ2n) is 11.8. The Kier molecular flexibility index (Phi) is 9.81. The van der Waals surface area contributed by atoms with E-state index in [9.17, 15) is 14.9 Å². The molecule has 46 heavy (non-hydrogen) atoms. The summed E-state index contributed by atoms with van der Waals surface area (Å²) in [5.74, 6) is 0.586. The van der Waals surface area contributed by atoms with Gasteiger partial charge in [0.1, 0.15) is 18.4 Å². The maximum atomic E-state index is 13.9. The van der Waals surface area contributed by atoms with Crippen molar-refractivity contribution in [3.05, 3.63) is 105 Å². The van der Waals surface area contributed by atoms with Crippen LogP contribution in [0.2, 0.25) is 10.0 Å². The first-order valence-corrected chi connectivity index (χ1v) is 16.0. The molecule has 3 heterocycles. The normalized spacial score (nSPS) is 18.5. The van der Waals surface area contributed by atoms with Crippen molar-refractivity contribution in [1.82, 2.24) is 14.7 Å². The van der Waals surface area contributed by atoms with E-state index in [2.05, 4.69) is 15.9 Å². The number of hydrogen-bond acceptors (Lipinski definition) is 8.